The van der Waals surface area contributed by atoms with E-state index in [4.69, 9.17) is 9.47 Å². The van der Waals surface area contributed by atoms with Gasteiger partial charge in [0.25, 0.3) is 15.7 Å². The Labute approximate surface area is 161 Å². The number of sulfonamides is 1. The van der Waals surface area contributed by atoms with Crippen LogP contribution in [0.2, 0.25) is 0 Å². The number of anilines is 1. The number of benzene rings is 3. The van der Waals surface area contributed by atoms with Gasteiger partial charge in [-0.15, -0.1) is 0 Å². The summed E-state index contributed by atoms with van der Waals surface area (Å²) in [6.45, 7) is 0. The van der Waals surface area contributed by atoms with Crippen LogP contribution in [0.5, 0.6) is 17.2 Å². The largest absolute Gasteiger partial charge is 0.497 e. The minimum absolute atomic E-state index is 0.0997. The minimum atomic E-state index is -3.95. The van der Waals surface area contributed by atoms with E-state index in [1.165, 1.54) is 12.1 Å². The van der Waals surface area contributed by atoms with Crippen LogP contribution < -0.4 is 14.2 Å². The Morgan fingerprint density at radius 3 is 2.11 bits per heavy atom. The van der Waals surface area contributed by atoms with Crippen LogP contribution in [-0.4, -0.2) is 20.5 Å². The van der Waals surface area contributed by atoms with Crippen molar-refractivity contribution >= 4 is 21.4 Å². The van der Waals surface area contributed by atoms with Crippen LogP contribution in [-0.2, 0) is 10.0 Å². The third kappa shape index (κ3) is 4.38. The average molecular weight is 400 g/mol. The van der Waals surface area contributed by atoms with Crippen LogP contribution in [0.25, 0.3) is 0 Å². The quantitative estimate of drug-likeness (QED) is 0.470. The Balaban J connectivity index is 1.84. The third-order valence-electron chi connectivity index (χ3n) is 3.78. The molecule has 3 aromatic carbocycles. The van der Waals surface area contributed by atoms with Gasteiger partial charge >= 0.3 is 0 Å². The first kappa shape index (κ1) is 19.2. The second-order valence-electron chi connectivity index (χ2n) is 5.63. The highest BCUT2D eigenvalue weighted by atomic mass is 32.2. The zero-order chi connectivity index (χ0) is 20.1. The molecule has 0 bridgehead atoms. The molecule has 9 heteroatoms. The van der Waals surface area contributed by atoms with Gasteiger partial charge in [-0.1, -0.05) is 12.1 Å². The molecule has 0 atom stereocenters. The second kappa shape index (κ2) is 7.97. The maximum absolute atomic E-state index is 12.6. The number of nitro groups is 1. The van der Waals surface area contributed by atoms with Crippen molar-refractivity contribution in [2.24, 2.45) is 0 Å². The van der Waals surface area contributed by atoms with Crippen molar-refractivity contribution in [3.63, 3.8) is 0 Å². The molecule has 0 fully saturated rings. The van der Waals surface area contributed by atoms with Gasteiger partial charge in [0, 0.05) is 12.1 Å². The number of nitrogens with zero attached hydrogens (tertiary/aromatic N) is 1. The highest BCUT2D eigenvalue weighted by Gasteiger charge is 2.18. The van der Waals surface area contributed by atoms with Crippen LogP contribution in [0.3, 0.4) is 0 Å². The summed E-state index contributed by atoms with van der Waals surface area (Å²) in [6.07, 6.45) is 0. The van der Waals surface area contributed by atoms with Crippen molar-refractivity contribution < 1.29 is 22.8 Å². The maximum atomic E-state index is 12.6. The summed E-state index contributed by atoms with van der Waals surface area (Å²) in [6, 6.07) is 18.0. The lowest BCUT2D eigenvalue weighted by Crippen LogP contribution is -2.13. The normalized spacial score (nSPS) is 10.9. The van der Waals surface area contributed by atoms with Gasteiger partial charge < -0.3 is 9.47 Å². The Morgan fingerprint density at radius 1 is 0.893 bits per heavy atom. The Bertz CT molecular complexity index is 1080. The molecule has 144 valence electrons. The summed E-state index contributed by atoms with van der Waals surface area (Å²) in [4.78, 5) is 10.0. The maximum Gasteiger partial charge on any atom is 0.269 e. The molecule has 0 amide bonds. The lowest BCUT2D eigenvalue weighted by Gasteiger charge is -2.13. The molecule has 0 heterocycles. The van der Waals surface area contributed by atoms with E-state index in [9.17, 15) is 18.5 Å². The number of ether oxygens (including phenoxy) is 2. The standard InChI is InChI=1S/C19H16N2O6S/c1-26-15-8-10-16(11-9-15)27-19-5-3-2-4-18(19)20-28(24,25)17-12-6-14(7-13-17)21(22)23/h2-13,20H,1H3. The molecule has 0 radical (unpaired) electrons. The zero-order valence-electron chi connectivity index (χ0n) is 14.7. The first-order valence-electron chi connectivity index (χ1n) is 8.07. The number of nitrogens with one attached hydrogen (secondary N) is 1. The lowest BCUT2D eigenvalue weighted by atomic mass is 10.3. The molecule has 0 spiro atoms. The summed E-state index contributed by atoms with van der Waals surface area (Å²) < 4.78 is 38.5. The van der Waals surface area contributed by atoms with Crippen LogP contribution >= 0.6 is 0 Å². The van der Waals surface area contributed by atoms with Crippen molar-refractivity contribution in [3.05, 3.63) is 82.9 Å². The van der Waals surface area contributed by atoms with Crippen LogP contribution in [0.4, 0.5) is 11.4 Å². The topological polar surface area (TPSA) is 108 Å². The predicted octanol–water partition coefficient (Wildman–Crippen LogP) is 4.20. The molecular weight excluding hydrogens is 384 g/mol. The zero-order valence-corrected chi connectivity index (χ0v) is 15.5. The van der Waals surface area contributed by atoms with Crippen LogP contribution in [0.1, 0.15) is 0 Å². The summed E-state index contributed by atoms with van der Waals surface area (Å²) in [5.74, 6) is 1.47. The third-order valence-corrected chi connectivity index (χ3v) is 5.16. The highest BCUT2D eigenvalue weighted by Crippen LogP contribution is 2.32. The number of para-hydroxylation sites is 2. The van der Waals surface area contributed by atoms with Gasteiger partial charge in [-0.25, -0.2) is 8.42 Å². The van der Waals surface area contributed by atoms with Gasteiger partial charge in [0.1, 0.15) is 11.5 Å². The molecule has 0 aliphatic rings. The van der Waals surface area contributed by atoms with Crippen LogP contribution in [0, 0.1) is 10.1 Å². The molecule has 0 saturated heterocycles. The van der Waals surface area contributed by atoms with Crippen molar-refractivity contribution in [3.8, 4) is 17.2 Å². The molecular formula is C19H16N2O6S. The molecule has 28 heavy (non-hydrogen) atoms. The van der Waals surface area contributed by atoms with E-state index in [1.54, 1.807) is 55.6 Å². The predicted molar refractivity (Wildman–Crippen MR) is 103 cm³/mol. The van der Waals surface area contributed by atoms with Gasteiger partial charge in [0.2, 0.25) is 0 Å². The Kier molecular flexibility index (Phi) is 5.46. The van der Waals surface area contributed by atoms with Crippen LogP contribution in [0.15, 0.2) is 77.7 Å². The molecule has 1 N–H and O–H groups in total. The fourth-order valence-electron chi connectivity index (χ4n) is 2.36. The summed E-state index contributed by atoms with van der Waals surface area (Å²) in [5.41, 5.74) is 0.0406. The fraction of sp³-hybridized carbons (Fsp3) is 0.0526. The summed E-state index contributed by atoms with van der Waals surface area (Å²) >= 11 is 0. The molecule has 3 rings (SSSR count). The first-order valence-corrected chi connectivity index (χ1v) is 9.55. The number of methoxy groups -OCH3 is 1. The first-order chi connectivity index (χ1) is 13.4. The number of hydrogen-bond donors (Lipinski definition) is 1. The van der Waals surface area contributed by atoms with Crippen molar-refractivity contribution in [1.29, 1.82) is 0 Å². The Hall–Kier alpha value is -3.59. The number of non-ortho nitro benzene ring substituents is 1. The average Bonchev–Trinajstić information content (AvgIpc) is 2.70. The lowest BCUT2D eigenvalue weighted by molar-refractivity contribution is -0.384. The van der Waals surface area contributed by atoms with E-state index in [2.05, 4.69) is 4.72 Å². The summed E-state index contributed by atoms with van der Waals surface area (Å²) in [7, 11) is -2.40. The molecule has 8 nitrogen and oxygen atoms in total. The number of hydrogen-bond acceptors (Lipinski definition) is 6. The fourth-order valence-corrected chi connectivity index (χ4v) is 3.43. The highest BCUT2D eigenvalue weighted by molar-refractivity contribution is 7.92. The molecule has 0 aromatic heterocycles. The van der Waals surface area contributed by atoms with Gasteiger partial charge in [-0.2, -0.15) is 0 Å². The number of rotatable bonds is 7. The molecule has 3 aromatic rings. The SMILES string of the molecule is COc1ccc(Oc2ccccc2NS(=O)(=O)c2ccc([N+](=O)[O-])cc2)cc1. The van der Waals surface area contributed by atoms with Gasteiger partial charge in [-0.3, -0.25) is 14.8 Å². The monoisotopic (exact) mass is 400 g/mol. The smallest absolute Gasteiger partial charge is 0.269 e. The van der Waals surface area contributed by atoms with Crippen molar-refractivity contribution in [1.82, 2.24) is 0 Å². The van der Waals surface area contributed by atoms with E-state index >= 15 is 0 Å². The second-order valence-corrected chi connectivity index (χ2v) is 7.31. The molecule has 0 aliphatic heterocycles. The minimum Gasteiger partial charge on any atom is -0.497 e. The van der Waals surface area contributed by atoms with E-state index in [0.29, 0.717) is 17.2 Å². The van der Waals surface area contributed by atoms with Gasteiger partial charge in [0.15, 0.2) is 5.75 Å². The summed E-state index contributed by atoms with van der Waals surface area (Å²) in [5, 5.41) is 10.7. The van der Waals surface area contributed by atoms with E-state index in [0.717, 1.165) is 12.1 Å². The molecule has 0 unspecified atom stereocenters. The Morgan fingerprint density at radius 2 is 1.50 bits per heavy atom. The van der Waals surface area contributed by atoms with Crippen molar-refractivity contribution in [2.75, 3.05) is 11.8 Å². The van der Waals surface area contributed by atoms with E-state index in [-0.39, 0.29) is 16.3 Å². The molecule has 0 saturated carbocycles. The van der Waals surface area contributed by atoms with Crippen molar-refractivity contribution in [2.45, 2.75) is 4.90 Å². The van der Waals surface area contributed by atoms with Gasteiger partial charge in [0.05, 0.1) is 22.6 Å². The van der Waals surface area contributed by atoms with Gasteiger partial charge in [-0.05, 0) is 48.5 Å². The molecule has 0 aliphatic carbocycles. The van der Waals surface area contributed by atoms with E-state index < -0.39 is 14.9 Å². The number of nitro benzene ring substituents is 1. The van der Waals surface area contributed by atoms with E-state index in [1.807, 2.05) is 0 Å².